The third-order valence-corrected chi connectivity index (χ3v) is 5.19. The normalized spacial score (nSPS) is 13.9. The number of hydrogen-bond donors (Lipinski definition) is 3. The van der Waals surface area contributed by atoms with Gasteiger partial charge < -0.3 is 10.1 Å². The molecule has 1 aromatic rings. The third-order valence-electron chi connectivity index (χ3n) is 2.06. The zero-order chi connectivity index (χ0) is 12.3. The van der Waals surface area contributed by atoms with Gasteiger partial charge in [-0.3, -0.25) is 4.79 Å². The van der Waals surface area contributed by atoms with Crippen LogP contribution in [0.1, 0.15) is 19.0 Å². The SMILES string of the molecule is CC[C@@H](CO)NS(=O)(=O)c1sc(=O)[nH]c1C. The predicted molar refractivity (Wildman–Crippen MR) is 61.2 cm³/mol. The Kier molecular flexibility index (Phi) is 4.25. The highest BCUT2D eigenvalue weighted by Crippen LogP contribution is 2.16. The minimum atomic E-state index is -3.72. The summed E-state index contributed by atoms with van der Waals surface area (Å²) in [7, 11) is -3.72. The number of rotatable bonds is 5. The molecular formula is C8H14N2O4S2. The molecule has 0 aromatic carbocycles. The molecule has 0 bridgehead atoms. The largest absolute Gasteiger partial charge is 0.395 e. The fourth-order valence-electron chi connectivity index (χ4n) is 1.17. The second kappa shape index (κ2) is 5.09. The van der Waals surface area contributed by atoms with E-state index in [9.17, 15) is 13.2 Å². The second-order valence-electron chi connectivity index (χ2n) is 3.34. The van der Waals surface area contributed by atoms with Gasteiger partial charge >= 0.3 is 4.87 Å². The van der Waals surface area contributed by atoms with Gasteiger partial charge in [0.25, 0.3) is 10.0 Å². The highest BCUT2D eigenvalue weighted by molar-refractivity contribution is 7.91. The van der Waals surface area contributed by atoms with Crippen molar-refractivity contribution in [1.82, 2.24) is 9.71 Å². The average Bonchev–Trinajstić information content (AvgIpc) is 2.55. The van der Waals surface area contributed by atoms with E-state index in [0.717, 1.165) is 0 Å². The second-order valence-corrected chi connectivity index (χ2v) is 6.23. The van der Waals surface area contributed by atoms with Gasteiger partial charge in [-0.1, -0.05) is 18.3 Å². The number of aromatic nitrogens is 1. The first-order valence-corrected chi connectivity index (χ1v) is 7.03. The fraction of sp³-hybridized carbons (Fsp3) is 0.625. The summed E-state index contributed by atoms with van der Waals surface area (Å²) in [5, 5.41) is 8.92. The molecule has 0 fully saturated rings. The van der Waals surface area contributed by atoms with Crippen molar-refractivity contribution in [1.29, 1.82) is 0 Å². The van der Waals surface area contributed by atoms with Gasteiger partial charge in [0.1, 0.15) is 0 Å². The summed E-state index contributed by atoms with van der Waals surface area (Å²) in [6.45, 7) is 3.01. The molecule has 0 amide bonds. The quantitative estimate of drug-likeness (QED) is 0.687. The molecule has 1 aromatic heterocycles. The van der Waals surface area contributed by atoms with Crippen LogP contribution in [-0.2, 0) is 10.0 Å². The van der Waals surface area contributed by atoms with Gasteiger partial charge in [0.2, 0.25) is 0 Å². The van der Waals surface area contributed by atoms with Gasteiger partial charge in [0.15, 0.2) is 4.21 Å². The Bertz CT molecular complexity index is 498. The van der Waals surface area contributed by atoms with Crippen LogP contribution in [0.15, 0.2) is 9.00 Å². The molecule has 0 saturated carbocycles. The molecule has 6 nitrogen and oxygen atoms in total. The molecule has 0 aliphatic rings. The lowest BCUT2D eigenvalue weighted by Gasteiger charge is -2.13. The summed E-state index contributed by atoms with van der Waals surface area (Å²) < 4.78 is 26.0. The molecule has 1 heterocycles. The third kappa shape index (κ3) is 2.91. The molecule has 0 saturated heterocycles. The maximum Gasteiger partial charge on any atom is 0.305 e. The van der Waals surface area contributed by atoms with Crippen molar-refractivity contribution in [2.75, 3.05) is 6.61 Å². The van der Waals surface area contributed by atoms with Crippen molar-refractivity contribution in [2.24, 2.45) is 0 Å². The van der Waals surface area contributed by atoms with Crippen molar-refractivity contribution >= 4 is 21.4 Å². The highest BCUT2D eigenvalue weighted by Gasteiger charge is 2.23. The van der Waals surface area contributed by atoms with Crippen LogP contribution >= 0.6 is 11.3 Å². The molecule has 0 aliphatic heterocycles. The Labute approximate surface area is 97.4 Å². The number of aromatic amines is 1. The van der Waals surface area contributed by atoms with Crippen LogP contribution in [0.2, 0.25) is 0 Å². The van der Waals surface area contributed by atoms with Gasteiger partial charge in [-0.05, 0) is 13.3 Å². The van der Waals surface area contributed by atoms with Gasteiger partial charge in [0, 0.05) is 11.7 Å². The summed E-state index contributed by atoms with van der Waals surface area (Å²) in [4.78, 5) is 13.0. The Morgan fingerprint density at radius 1 is 1.56 bits per heavy atom. The van der Waals surface area contributed by atoms with Gasteiger partial charge in [-0.2, -0.15) is 0 Å². The Morgan fingerprint density at radius 3 is 2.56 bits per heavy atom. The standard InChI is InChI=1S/C8H14N2O4S2/c1-3-6(4-11)10-16(13,14)7-5(2)9-8(12)15-7/h6,10-11H,3-4H2,1-2H3,(H,9,12)/t6-/m0/s1. The van der Waals surface area contributed by atoms with Crippen molar-refractivity contribution < 1.29 is 13.5 Å². The fourth-order valence-corrected chi connectivity index (χ4v) is 3.80. The van der Waals surface area contributed by atoms with E-state index in [0.29, 0.717) is 23.5 Å². The molecule has 0 spiro atoms. The molecule has 1 atom stereocenters. The lowest BCUT2D eigenvalue weighted by molar-refractivity contribution is 0.254. The zero-order valence-corrected chi connectivity index (χ0v) is 10.6. The highest BCUT2D eigenvalue weighted by atomic mass is 32.2. The first-order chi connectivity index (χ1) is 7.40. The van der Waals surface area contributed by atoms with E-state index >= 15 is 0 Å². The molecular weight excluding hydrogens is 252 g/mol. The van der Waals surface area contributed by atoms with E-state index < -0.39 is 20.9 Å². The molecule has 92 valence electrons. The maximum absolute atomic E-state index is 11.8. The van der Waals surface area contributed by atoms with E-state index in [-0.39, 0.29) is 10.8 Å². The van der Waals surface area contributed by atoms with Crippen LogP contribution in [0, 0.1) is 6.92 Å². The summed E-state index contributed by atoms with van der Waals surface area (Å²) in [6, 6.07) is -0.526. The van der Waals surface area contributed by atoms with Crippen LogP contribution in [0.3, 0.4) is 0 Å². The number of sulfonamides is 1. The monoisotopic (exact) mass is 266 g/mol. The van der Waals surface area contributed by atoms with Gasteiger partial charge in [0.05, 0.1) is 6.61 Å². The lowest BCUT2D eigenvalue weighted by atomic mass is 10.3. The molecule has 8 heteroatoms. The smallest absolute Gasteiger partial charge is 0.305 e. The minimum Gasteiger partial charge on any atom is -0.395 e. The van der Waals surface area contributed by atoms with Crippen LogP contribution in [-0.4, -0.2) is 31.2 Å². The average molecular weight is 266 g/mol. The first-order valence-electron chi connectivity index (χ1n) is 4.73. The Hall–Kier alpha value is -0.700. The maximum atomic E-state index is 11.8. The van der Waals surface area contributed by atoms with Gasteiger partial charge in [-0.25, -0.2) is 13.1 Å². The minimum absolute atomic E-state index is 0.0237. The topological polar surface area (TPSA) is 99.3 Å². The number of aliphatic hydroxyl groups is 1. The lowest BCUT2D eigenvalue weighted by Crippen LogP contribution is -2.36. The molecule has 0 radical (unpaired) electrons. The van der Waals surface area contributed by atoms with Crippen molar-refractivity contribution in [2.45, 2.75) is 30.5 Å². The summed E-state index contributed by atoms with van der Waals surface area (Å²) in [6.07, 6.45) is 0.480. The first kappa shape index (κ1) is 13.4. The number of thiazole rings is 1. The molecule has 0 unspecified atom stereocenters. The molecule has 0 aliphatic carbocycles. The van der Waals surface area contributed by atoms with E-state index in [1.54, 1.807) is 6.92 Å². The molecule has 16 heavy (non-hydrogen) atoms. The van der Waals surface area contributed by atoms with Gasteiger partial charge in [-0.15, -0.1) is 0 Å². The molecule has 1 rings (SSSR count). The zero-order valence-electron chi connectivity index (χ0n) is 8.98. The summed E-state index contributed by atoms with van der Waals surface area (Å²) in [5.74, 6) is 0. The van der Waals surface area contributed by atoms with E-state index in [1.165, 1.54) is 6.92 Å². The predicted octanol–water partition coefficient (Wildman–Crippen LogP) is -0.206. The van der Waals surface area contributed by atoms with Crippen LogP contribution < -0.4 is 9.60 Å². The van der Waals surface area contributed by atoms with E-state index in [1.807, 2.05) is 0 Å². The number of nitrogens with one attached hydrogen (secondary N) is 2. The Morgan fingerprint density at radius 2 is 2.19 bits per heavy atom. The van der Waals surface area contributed by atoms with Crippen LogP contribution in [0.25, 0.3) is 0 Å². The van der Waals surface area contributed by atoms with Crippen LogP contribution in [0.4, 0.5) is 0 Å². The number of H-pyrrole nitrogens is 1. The van der Waals surface area contributed by atoms with Crippen molar-refractivity contribution in [3.05, 3.63) is 15.4 Å². The van der Waals surface area contributed by atoms with E-state index in [2.05, 4.69) is 9.71 Å². The summed E-state index contributed by atoms with van der Waals surface area (Å²) >= 11 is 0.641. The summed E-state index contributed by atoms with van der Waals surface area (Å²) in [5.41, 5.74) is 0.315. The van der Waals surface area contributed by atoms with Crippen LogP contribution in [0.5, 0.6) is 0 Å². The van der Waals surface area contributed by atoms with Crippen molar-refractivity contribution in [3.8, 4) is 0 Å². The number of aliphatic hydroxyl groups excluding tert-OH is 1. The van der Waals surface area contributed by atoms with Crippen molar-refractivity contribution in [3.63, 3.8) is 0 Å². The molecule has 3 N–H and O–H groups in total. The van der Waals surface area contributed by atoms with E-state index in [4.69, 9.17) is 5.11 Å². The number of aryl methyl sites for hydroxylation is 1. The Balaban J connectivity index is 3.03. The number of hydrogen-bond acceptors (Lipinski definition) is 5.